The maximum Gasteiger partial charge on any atom is 0.260 e. The van der Waals surface area contributed by atoms with Gasteiger partial charge in [0.05, 0.1) is 0 Å². The lowest BCUT2D eigenvalue weighted by Gasteiger charge is -2.32. The molecule has 0 spiro atoms. The van der Waals surface area contributed by atoms with Gasteiger partial charge in [-0.25, -0.2) is 0 Å². The Morgan fingerprint density at radius 1 is 1.04 bits per heavy atom. The van der Waals surface area contributed by atoms with Crippen LogP contribution in [0.4, 0.5) is 0 Å². The first kappa shape index (κ1) is 18.0. The SMILES string of the molecule is Cc1ccccc1OCC(=O)N1CCC(NC(=O)c2ccccc2)CC1. The summed E-state index contributed by atoms with van der Waals surface area (Å²) in [5, 5.41) is 3.05. The number of hydrogen-bond donors (Lipinski definition) is 1. The number of benzene rings is 2. The molecule has 26 heavy (non-hydrogen) atoms. The van der Waals surface area contributed by atoms with Crippen molar-refractivity contribution in [2.24, 2.45) is 0 Å². The molecule has 5 nitrogen and oxygen atoms in total. The summed E-state index contributed by atoms with van der Waals surface area (Å²) in [6.07, 6.45) is 1.52. The molecule has 136 valence electrons. The lowest BCUT2D eigenvalue weighted by Crippen LogP contribution is -2.47. The van der Waals surface area contributed by atoms with E-state index in [4.69, 9.17) is 4.74 Å². The number of amides is 2. The molecule has 1 aliphatic rings. The highest BCUT2D eigenvalue weighted by Crippen LogP contribution is 2.17. The minimum Gasteiger partial charge on any atom is -0.484 e. The Balaban J connectivity index is 1.44. The fourth-order valence-corrected chi connectivity index (χ4v) is 3.08. The number of ether oxygens (including phenoxy) is 1. The van der Waals surface area contributed by atoms with Crippen LogP contribution in [0.3, 0.4) is 0 Å². The highest BCUT2D eigenvalue weighted by molar-refractivity contribution is 5.94. The van der Waals surface area contributed by atoms with Gasteiger partial charge in [0.25, 0.3) is 11.8 Å². The van der Waals surface area contributed by atoms with Crippen LogP contribution in [-0.4, -0.2) is 42.5 Å². The number of hydrogen-bond acceptors (Lipinski definition) is 3. The lowest BCUT2D eigenvalue weighted by molar-refractivity contribution is -0.134. The average molecular weight is 352 g/mol. The van der Waals surface area contributed by atoms with Crippen molar-refractivity contribution in [3.05, 3.63) is 65.7 Å². The number of nitrogens with zero attached hydrogens (tertiary/aromatic N) is 1. The van der Waals surface area contributed by atoms with Gasteiger partial charge < -0.3 is 15.0 Å². The smallest absolute Gasteiger partial charge is 0.260 e. The summed E-state index contributed by atoms with van der Waals surface area (Å²) in [6, 6.07) is 17.0. The minimum atomic E-state index is -0.0572. The Labute approximate surface area is 154 Å². The van der Waals surface area contributed by atoms with Crippen LogP contribution < -0.4 is 10.1 Å². The Hall–Kier alpha value is -2.82. The Morgan fingerprint density at radius 3 is 2.38 bits per heavy atom. The van der Waals surface area contributed by atoms with Gasteiger partial charge in [-0.3, -0.25) is 9.59 Å². The molecule has 0 saturated carbocycles. The molecule has 5 heteroatoms. The molecule has 3 rings (SSSR count). The normalized spacial score (nSPS) is 14.7. The van der Waals surface area contributed by atoms with Gasteiger partial charge in [0.15, 0.2) is 6.61 Å². The Kier molecular flexibility index (Phi) is 5.89. The van der Waals surface area contributed by atoms with Gasteiger partial charge in [0.2, 0.25) is 0 Å². The van der Waals surface area contributed by atoms with Crippen LogP contribution in [0, 0.1) is 6.92 Å². The first-order chi connectivity index (χ1) is 12.6. The molecule has 1 aliphatic heterocycles. The Morgan fingerprint density at radius 2 is 1.69 bits per heavy atom. The third kappa shape index (κ3) is 4.63. The molecule has 2 aromatic rings. The molecule has 0 bridgehead atoms. The quantitative estimate of drug-likeness (QED) is 0.900. The van der Waals surface area contributed by atoms with E-state index in [0.29, 0.717) is 18.7 Å². The summed E-state index contributed by atoms with van der Waals surface area (Å²) in [5.41, 5.74) is 1.68. The second kappa shape index (κ2) is 8.52. The van der Waals surface area contributed by atoms with E-state index in [1.165, 1.54) is 0 Å². The van der Waals surface area contributed by atoms with Crippen molar-refractivity contribution in [1.29, 1.82) is 0 Å². The molecule has 0 aliphatic carbocycles. The summed E-state index contributed by atoms with van der Waals surface area (Å²) in [7, 11) is 0. The summed E-state index contributed by atoms with van der Waals surface area (Å²) in [6.45, 7) is 3.28. The second-order valence-corrected chi connectivity index (χ2v) is 6.55. The maximum atomic E-state index is 12.3. The van der Waals surface area contributed by atoms with Crippen LogP contribution >= 0.6 is 0 Å². The lowest BCUT2D eigenvalue weighted by atomic mass is 10.0. The fraction of sp³-hybridized carbons (Fsp3) is 0.333. The third-order valence-corrected chi connectivity index (χ3v) is 4.66. The second-order valence-electron chi connectivity index (χ2n) is 6.55. The summed E-state index contributed by atoms with van der Waals surface area (Å²) < 4.78 is 5.64. The fourth-order valence-electron chi connectivity index (χ4n) is 3.08. The molecule has 1 saturated heterocycles. The molecule has 1 heterocycles. The number of piperidine rings is 1. The molecular formula is C21H24N2O3. The molecular weight excluding hydrogens is 328 g/mol. The van der Waals surface area contributed by atoms with Crippen molar-refractivity contribution in [3.63, 3.8) is 0 Å². The van der Waals surface area contributed by atoms with Gasteiger partial charge in [-0.2, -0.15) is 0 Å². The Bertz CT molecular complexity index is 753. The van der Waals surface area contributed by atoms with Gasteiger partial charge in [0.1, 0.15) is 5.75 Å². The van der Waals surface area contributed by atoms with Crippen molar-refractivity contribution < 1.29 is 14.3 Å². The van der Waals surface area contributed by atoms with Crippen molar-refractivity contribution in [1.82, 2.24) is 10.2 Å². The van der Waals surface area contributed by atoms with E-state index < -0.39 is 0 Å². The average Bonchev–Trinajstić information content (AvgIpc) is 2.68. The minimum absolute atomic E-state index is 0.0129. The molecule has 0 atom stereocenters. The molecule has 2 amide bonds. The highest BCUT2D eigenvalue weighted by Gasteiger charge is 2.24. The number of aryl methyl sites for hydroxylation is 1. The molecule has 2 aromatic carbocycles. The topological polar surface area (TPSA) is 58.6 Å². The van der Waals surface area contributed by atoms with Crippen molar-refractivity contribution >= 4 is 11.8 Å². The van der Waals surface area contributed by atoms with Gasteiger partial charge in [-0.15, -0.1) is 0 Å². The van der Waals surface area contributed by atoms with E-state index in [9.17, 15) is 9.59 Å². The zero-order valence-corrected chi connectivity index (χ0v) is 15.0. The first-order valence-corrected chi connectivity index (χ1v) is 8.95. The van der Waals surface area contributed by atoms with E-state index in [2.05, 4.69) is 5.32 Å². The molecule has 1 N–H and O–H groups in total. The first-order valence-electron chi connectivity index (χ1n) is 8.95. The van der Waals surface area contributed by atoms with E-state index in [0.717, 1.165) is 24.2 Å². The van der Waals surface area contributed by atoms with Crippen LogP contribution in [0.25, 0.3) is 0 Å². The zero-order valence-electron chi connectivity index (χ0n) is 15.0. The van der Waals surface area contributed by atoms with Crippen molar-refractivity contribution in [3.8, 4) is 5.75 Å². The van der Waals surface area contributed by atoms with E-state index in [-0.39, 0.29) is 24.5 Å². The molecule has 0 unspecified atom stereocenters. The van der Waals surface area contributed by atoms with E-state index in [1.54, 1.807) is 12.1 Å². The van der Waals surface area contributed by atoms with Crippen molar-refractivity contribution in [2.75, 3.05) is 19.7 Å². The van der Waals surface area contributed by atoms with Gasteiger partial charge in [-0.1, -0.05) is 36.4 Å². The summed E-state index contributed by atoms with van der Waals surface area (Å²) in [5.74, 6) is 0.671. The predicted molar refractivity (Wildman–Crippen MR) is 100 cm³/mol. The third-order valence-electron chi connectivity index (χ3n) is 4.66. The summed E-state index contributed by atoms with van der Waals surface area (Å²) >= 11 is 0. The standard InChI is InChI=1S/C21H24N2O3/c1-16-7-5-6-10-19(16)26-15-20(24)23-13-11-18(12-14-23)22-21(25)17-8-3-2-4-9-17/h2-10,18H,11-15H2,1H3,(H,22,25). The predicted octanol–water partition coefficient (Wildman–Crippen LogP) is 2.79. The van der Waals surface area contributed by atoms with Crippen LogP contribution in [0.2, 0.25) is 0 Å². The van der Waals surface area contributed by atoms with Gasteiger partial charge in [0, 0.05) is 24.7 Å². The number of carbonyl (C=O) groups excluding carboxylic acids is 2. The van der Waals surface area contributed by atoms with Gasteiger partial charge in [-0.05, 0) is 43.5 Å². The summed E-state index contributed by atoms with van der Waals surface area (Å²) in [4.78, 5) is 26.4. The number of rotatable bonds is 5. The number of likely N-dealkylation sites (tertiary alicyclic amines) is 1. The van der Waals surface area contributed by atoms with Crippen LogP contribution in [0.15, 0.2) is 54.6 Å². The highest BCUT2D eigenvalue weighted by atomic mass is 16.5. The van der Waals surface area contributed by atoms with E-state index >= 15 is 0 Å². The molecule has 0 radical (unpaired) electrons. The number of nitrogens with one attached hydrogen (secondary N) is 1. The molecule has 0 aromatic heterocycles. The monoisotopic (exact) mass is 352 g/mol. The number of para-hydroxylation sites is 1. The van der Waals surface area contributed by atoms with Crippen LogP contribution in [0.1, 0.15) is 28.8 Å². The molecule has 1 fully saturated rings. The van der Waals surface area contributed by atoms with Gasteiger partial charge >= 0.3 is 0 Å². The van der Waals surface area contributed by atoms with Crippen LogP contribution in [0.5, 0.6) is 5.75 Å². The van der Waals surface area contributed by atoms with E-state index in [1.807, 2.05) is 54.3 Å². The zero-order chi connectivity index (χ0) is 18.4. The van der Waals surface area contributed by atoms with Crippen LogP contribution in [-0.2, 0) is 4.79 Å². The van der Waals surface area contributed by atoms with Crippen molar-refractivity contribution in [2.45, 2.75) is 25.8 Å². The largest absolute Gasteiger partial charge is 0.484 e. The number of carbonyl (C=O) groups is 2. The maximum absolute atomic E-state index is 12.3.